The molecule has 0 aromatic carbocycles. The lowest BCUT2D eigenvalue weighted by atomic mass is 10.3. The van der Waals surface area contributed by atoms with Crippen LogP contribution < -0.4 is 5.32 Å². The van der Waals surface area contributed by atoms with Gasteiger partial charge in [-0.15, -0.1) is 0 Å². The van der Waals surface area contributed by atoms with Crippen LogP contribution in [0.25, 0.3) is 0 Å². The molecule has 1 aromatic heterocycles. The first-order chi connectivity index (χ1) is 7.17. The molecule has 1 rings (SSSR count). The number of hydrogen-bond donors (Lipinski definition) is 2. The highest BCUT2D eigenvalue weighted by atomic mass is 35.5. The monoisotopic (exact) mass is 250 g/mol. The smallest absolute Gasteiger partial charge is 0.145 e. The summed E-state index contributed by atoms with van der Waals surface area (Å²) in [7, 11) is 1.56. The van der Waals surface area contributed by atoms with Gasteiger partial charge in [-0.25, -0.2) is 4.98 Å². The number of aliphatic hydroxyl groups excluding tert-OH is 1. The fraction of sp³-hybridized carbons (Fsp3) is 0.444. The number of nitrogens with one attached hydrogen (secondary N) is 1. The summed E-state index contributed by atoms with van der Waals surface area (Å²) < 4.78 is 4.91. The highest BCUT2D eigenvalue weighted by Crippen LogP contribution is 2.22. The lowest BCUT2D eigenvalue weighted by Gasteiger charge is -2.16. The quantitative estimate of drug-likeness (QED) is 0.837. The number of methoxy groups -OCH3 is 1. The Morgan fingerprint density at radius 3 is 2.87 bits per heavy atom. The van der Waals surface area contributed by atoms with Crippen molar-refractivity contribution in [3.63, 3.8) is 0 Å². The third-order valence-corrected chi connectivity index (χ3v) is 2.23. The van der Waals surface area contributed by atoms with E-state index in [1.165, 1.54) is 6.20 Å². The summed E-state index contributed by atoms with van der Waals surface area (Å²) in [5, 5.41) is 12.9. The topological polar surface area (TPSA) is 54.4 Å². The second-order valence-electron chi connectivity index (χ2n) is 2.96. The molecule has 0 amide bonds. The summed E-state index contributed by atoms with van der Waals surface area (Å²) >= 11 is 11.6. The minimum atomic E-state index is -0.235. The third-order valence-electron chi connectivity index (χ3n) is 1.74. The van der Waals surface area contributed by atoms with E-state index in [0.717, 1.165) is 0 Å². The molecule has 0 spiro atoms. The van der Waals surface area contributed by atoms with Gasteiger partial charge >= 0.3 is 0 Å². The van der Waals surface area contributed by atoms with Crippen LogP contribution in [0, 0.1) is 0 Å². The highest BCUT2D eigenvalue weighted by Gasteiger charge is 2.10. The molecular formula is C9H12Cl2N2O2. The normalized spacial score (nSPS) is 12.5. The Kier molecular flexibility index (Phi) is 5.11. The summed E-state index contributed by atoms with van der Waals surface area (Å²) in [5.74, 6) is 0.483. The fourth-order valence-electron chi connectivity index (χ4n) is 1.06. The van der Waals surface area contributed by atoms with Crippen LogP contribution in [0.5, 0.6) is 0 Å². The van der Waals surface area contributed by atoms with Crippen molar-refractivity contribution in [3.05, 3.63) is 22.3 Å². The zero-order valence-electron chi connectivity index (χ0n) is 8.20. The van der Waals surface area contributed by atoms with E-state index in [1.54, 1.807) is 13.2 Å². The Labute approximate surface area is 98.2 Å². The lowest BCUT2D eigenvalue weighted by molar-refractivity contribution is 0.153. The van der Waals surface area contributed by atoms with E-state index < -0.39 is 0 Å². The van der Waals surface area contributed by atoms with Crippen LogP contribution in [0.4, 0.5) is 5.82 Å². The molecule has 15 heavy (non-hydrogen) atoms. The van der Waals surface area contributed by atoms with Gasteiger partial charge in [0.25, 0.3) is 0 Å². The minimum absolute atomic E-state index is 0.0610. The van der Waals surface area contributed by atoms with E-state index in [2.05, 4.69) is 10.3 Å². The van der Waals surface area contributed by atoms with Gasteiger partial charge < -0.3 is 15.2 Å². The van der Waals surface area contributed by atoms with Gasteiger partial charge in [0.1, 0.15) is 5.82 Å². The molecule has 0 aliphatic heterocycles. The van der Waals surface area contributed by atoms with Crippen molar-refractivity contribution in [3.8, 4) is 0 Å². The summed E-state index contributed by atoms with van der Waals surface area (Å²) in [5.41, 5.74) is 0. The van der Waals surface area contributed by atoms with Crippen LogP contribution in [0.15, 0.2) is 12.3 Å². The summed E-state index contributed by atoms with van der Waals surface area (Å²) in [6.07, 6.45) is 1.48. The molecule has 84 valence electrons. The number of hydrogen-bond acceptors (Lipinski definition) is 4. The lowest BCUT2D eigenvalue weighted by Crippen LogP contribution is -2.29. The van der Waals surface area contributed by atoms with Gasteiger partial charge in [-0.2, -0.15) is 0 Å². The Morgan fingerprint density at radius 1 is 1.60 bits per heavy atom. The average Bonchev–Trinajstić information content (AvgIpc) is 2.21. The van der Waals surface area contributed by atoms with Gasteiger partial charge in [-0.3, -0.25) is 0 Å². The van der Waals surface area contributed by atoms with Crippen LogP contribution in [0.3, 0.4) is 0 Å². The van der Waals surface area contributed by atoms with E-state index in [9.17, 15) is 0 Å². The number of ether oxygens (including phenoxy) is 1. The van der Waals surface area contributed by atoms with Crippen LogP contribution in [0.1, 0.15) is 0 Å². The van der Waals surface area contributed by atoms with Gasteiger partial charge in [0.15, 0.2) is 0 Å². The predicted molar refractivity (Wildman–Crippen MR) is 60.6 cm³/mol. The summed E-state index contributed by atoms with van der Waals surface area (Å²) in [6.45, 7) is 0.311. The molecule has 1 aromatic rings. The van der Waals surface area contributed by atoms with Crippen molar-refractivity contribution >= 4 is 29.0 Å². The Hall–Kier alpha value is -0.550. The van der Waals surface area contributed by atoms with Gasteiger partial charge in [-0.05, 0) is 6.07 Å². The maximum Gasteiger partial charge on any atom is 0.145 e. The molecule has 0 radical (unpaired) electrons. The van der Waals surface area contributed by atoms with Gasteiger partial charge in [-0.1, -0.05) is 23.2 Å². The molecule has 1 heterocycles. The van der Waals surface area contributed by atoms with Crippen molar-refractivity contribution in [1.29, 1.82) is 0 Å². The van der Waals surface area contributed by atoms with Gasteiger partial charge in [0, 0.05) is 13.3 Å². The van der Waals surface area contributed by atoms with Crippen molar-refractivity contribution in [2.45, 2.75) is 6.04 Å². The van der Waals surface area contributed by atoms with Crippen LogP contribution in [-0.2, 0) is 4.74 Å². The molecule has 0 saturated carbocycles. The SMILES string of the molecule is COCC(CO)Nc1ncc(Cl)cc1Cl. The Bertz CT molecular complexity index is 323. The van der Waals surface area contributed by atoms with Gasteiger partial charge in [0.2, 0.25) is 0 Å². The molecule has 1 atom stereocenters. The zero-order valence-corrected chi connectivity index (χ0v) is 9.72. The second kappa shape index (κ2) is 6.12. The van der Waals surface area contributed by atoms with Crippen LogP contribution in [0.2, 0.25) is 10.0 Å². The van der Waals surface area contributed by atoms with E-state index in [4.69, 9.17) is 33.0 Å². The molecule has 0 aliphatic rings. The van der Waals surface area contributed by atoms with Crippen LogP contribution in [-0.4, -0.2) is 36.5 Å². The largest absolute Gasteiger partial charge is 0.394 e. The molecule has 2 N–H and O–H groups in total. The summed E-state index contributed by atoms with van der Waals surface area (Å²) in [6, 6.07) is 1.35. The molecule has 4 nitrogen and oxygen atoms in total. The number of pyridine rings is 1. The number of aromatic nitrogens is 1. The number of aliphatic hydroxyl groups is 1. The van der Waals surface area contributed by atoms with E-state index in [-0.39, 0.29) is 12.6 Å². The number of halogens is 2. The third kappa shape index (κ3) is 3.83. The Morgan fingerprint density at radius 2 is 2.33 bits per heavy atom. The molecule has 0 aliphatic carbocycles. The standard InChI is InChI=1S/C9H12Cl2N2O2/c1-15-5-7(4-14)13-9-8(11)2-6(10)3-12-9/h2-3,7,14H,4-5H2,1H3,(H,12,13). The molecule has 1 unspecified atom stereocenters. The summed E-state index contributed by atoms with van der Waals surface area (Å²) in [4.78, 5) is 4.01. The number of rotatable bonds is 5. The van der Waals surface area contributed by atoms with E-state index in [0.29, 0.717) is 22.5 Å². The van der Waals surface area contributed by atoms with E-state index in [1.807, 2.05) is 0 Å². The number of anilines is 1. The minimum Gasteiger partial charge on any atom is -0.394 e. The van der Waals surface area contributed by atoms with Crippen molar-refractivity contribution in [2.24, 2.45) is 0 Å². The van der Waals surface area contributed by atoms with Crippen molar-refractivity contribution in [2.75, 3.05) is 25.6 Å². The molecule has 6 heteroatoms. The molecule has 0 fully saturated rings. The first-order valence-electron chi connectivity index (χ1n) is 4.34. The van der Waals surface area contributed by atoms with Crippen molar-refractivity contribution in [1.82, 2.24) is 4.98 Å². The van der Waals surface area contributed by atoms with Crippen molar-refractivity contribution < 1.29 is 9.84 Å². The second-order valence-corrected chi connectivity index (χ2v) is 3.81. The maximum atomic E-state index is 9.02. The molecule has 0 bridgehead atoms. The highest BCUT2D eigenvalue weighted by molar-refractivity contribution is 6.35. The number of nitrogens with zero attached hydrogens (tertiary/aromatic N) is 1. The molecular weight excluding hydrogens is 239 g/mol. The van der Waals surface area contributed by atoms with Crippen LogP contribution >= 0.6 is 23.2 Å². The zero-order chi connectivity index (χ0) is 11.3. The average molecular weight is 251 g/mol. The maximum absolute atomic E-state index is 9.02. The van der Waals surface area contributed by atoms with E-state index >= 15 is 0 Å². The predicted octanol–water partition coefficient (Wildman–Crippen LogP) is 1.81. The van der Waals surface area contributed by atoms with Gasteiger partial charge in [0.05, 0.1) is 29.3 Å². The first-order valence-corrected chi connectivity index (χ1v) is 5.10. The fourth-order valence-corrected chi connectivity index (χ4v) is 1.49. The Balaban J connectivity index is 2.70. The molecule has 0 saturated heterocycles. The first kappa shape index (κ1) is 12.5.